The van der Waals surface area contributed by atoms with E-state index in [0.29, 0.717) is 12.5 Å². The molecule has 27 heavy (non-hydrogen) atoms. The lowest BCUT2D eigenvalue weighted by atomic mass is 9.95. The number of nitrogens with zero attached hydrogens (tertiary/aromatic N) is 3. The molecule has 2 aliphatic heterocycles. The molecule has 1 aromatic carbocycles. The van der Waals surface area contributed by atoms with Crippen molar-refractivity contribution in [1.29, 1.82) is 0 Å². The normalized spacial score (nSPS) is 23.1. The van der Waals surface area contributed by atoms with Gasteiger partial charge in [-0.25, -0.2) is 8.78 Å². The lowest BCUT2D eigenvalue weighted by molar-refractivity contribution is -0.163. The van der Waals surface area contributed by atoms with E-state index in [4.69, 9.17) is 0 Å². The summed E-state index contributed by atoms with van der Waals surface area (Å²) in [6, 6.07) is 1.38. The molecular formula is C19H23F2N3O3. The van der Waals surface area contributed by atoms with Crippen molar-refractivity contribution < 1.29 is 23.2 Å². The van der Waals surface area contributed by atoms with Gasteiger partial charge >= 0.3 is 0 Å². The molecule has 2 aliphatic rings. The number of likely N-dealkylation sites (N-methyl/N-ethyl adjacent to an activating group) is 1. The molecule has 0 aliphatic carbocycles. The number of rotatable bonds is 3. The topological polar surface area (TPSA) is 60.9 Å². The van der Waals surface area contributed by atoms with Crippen molar-refractivity contribution in [3.05, 3.63) is 35.4 Å². The Labute approximate surface area is 156 Å². The molecule has 2 fully saturated rings. The highest BCUT2D eigenvalue weighted by atomic mass is 19.1. The number of fused-ring (bicyclic) bond motifs is 1. The van der Waals surface area contributed by atoms with Crippen LogP contribution in [0, 0.1) is 17.6 Å². The molecular weight excluding hydrogens is 356 g/mol. The van der Waals surface area contributed by atoms with Crippen LogP contribution in [0.2, 0.25) is 0 Å². The Morgan fingerprint density at radius 3 is 2.33 bits per heavy atom. The van der Waals surface area contributed by atoms with Gasteiger partial charge in [0.05, 0.1) is 6.54 Å². The molecule has 0 bridgehead atoms. The van der Waals surface area contributed by atoms with E-state index >= 15 is 0 Å². The fourth-order valence-corrected chi connectivity index (χ4v) is 3.75. The third-order valence-corrected chi connectivity index (χ3v) is 5.14. The Kier molecular flexibility index (Phi) is 5.17. The van der Waals surface area contributed by atoms with Crippen molar-refractivity contribution in [2.45, 2.75) is 32.4 Å². The summed E-state index contributed by atoms with van der Waals surface area (Å²) in [5, 5.41) is 0. The van der Waals surface area contributed by atoms with E-state index in [9.17, 15) is 23.2 Å². The summed E-state index contributed by atoms with van der Waals surface area (Å²) in [6.45, 7) is 4.44. The maximum Gasteiger partial charge on any atom is 0.254 e. The van der Waals surface area contributed by atoms with Crippen LogP contribution in [0.15, 0.2) is 18.2 Å². The van der Waals surface area contributed by atoms with E-state index in [1.165, 1.54) is 14.7 Å². The van der Waals surface area contributed by atoms with Crippen LogP contribution in [-0.2, 0) is 9.59 Å². The number of halogens is 2. The molecule has 0 radical (unpaired) electrons. The van der Waals surface area contributed by atoms with E-state index in [0.717, 1.165) is 12.1 Å². The molecule has 0 saturated carbocycles. The van der Waals surface area contributed by atoms with Crippen molar-refractivity contribution in [3.63, 3.8) is 0 Å². The van der Waals surface area contributed by atoms with Gasteiger partial charge in [-0.15, -0.1) is 0 Å². The average molecular weight is 379 g/mol. The van der Waals surface area contributed by atoms with E-state index in [-0.39, 0.29) is 42.9 Å². The molecule has 2 saturated heterocycles. The van der Waals surface area contributed by atoms with E-state index in [1.54, 1.807) is 7.05 Å². The van der Waals surface area contributed by atoms with Crippen LogP contribution in [-0.4, -0.2) is 71.2 Å². The summed E-state index contributed by atoms with van der Waals surface area (Å²) in [5.41, 5.74) is -0.110. The number of piperazine rings is 2. The van der Waals surface area contributed by atoms with Gasteiger partial charge in [-0.05, 0) is 24.5 Å². The fourth-order valence-electron chi connectivity index (χ4n) is 3.75. The predicted molar refractivity (Wildman–Crippen MR) is 93.8 cm³/mol. The van der Waals surface area contributed by atoms with Gasteiger partial charge in [0, 0.05) is 31.8 Å². The number of carbonyl (C=O) groups is 3. The third kappa shape index (κ3) is 3.65. The molecule has 2 heterocycles. The zero-order valence-corrected chi connectivity index (χ0v) is 15.6. The zero-order valence-electron chi connectivity index (χ0n) is 15.6. The Bertz CT molecular complexity index is 763. The summed E-state index contributed by atoms with van der Waals surface area (Å²) in [5.74, 6) is -2.30. The molecule has 6 nitrogen and oxygen atoms in total. The Morgan fingerprint density at radius 1 is 1.11 bits per heavy atom. The molecule has 0 unspecified atom stereocenters. The van der Waals surface area contributed by atoms with E-state index in [1.807, 2.05) is 13.8 Å². The molecule has 3 amide bonds. The molecule has 2 atom stereocenters. The van der Waals surface area contributed by atoms with Crippen molar-refractivity contribution in [1.82, 2.24) is 14.7 Å². The first-order valence-corrected chi connectivity index (χ1v) is 9.01. The first kappa shape index (κ1) is 19.3. The fraction of sp³-hybridized carbons (Fsp3) is 0.526. The number of hydrogen-bond acceptors (Lipinski definition) is 3. The third-order valence-electron chi connectivity index (χ3n) is 5.14. The van der Waals surface area contributed by atoms with Gasteiger partial charge in [0.25, 0.3) is 5.91 Å². The summed E-state index contributed by atoms with van der Waals surface area (Å²) >= 11 is 0. The number of amides is 3. The summed E-state index contributed by atoms with van der Waals surface area (Å²) < 4.78 is 26.8. The lowest BCUT2D eigenvalue weighted by Crippen LogP contribution is -2.69. The largest absolute Gasteiger partial charge is 0.334 e. The Balaban J connectivity index is 1.79. The Morgan fingerprint density at radius 2 is 1.74 bits per heavy atom. The molecule has 0 aromatic heterocycles. The van der Waals surface area contributed by atoms with Crippen molar-refractivity contribution in [2.24, 2.45) is 5.92 Å². The highest BCUT2D eigenvalue weighted by molar-refractivity contribution is 5.99. The van der Waals surface area contributed by atoms with Gasteiger partial charge in [-0.1, -0.05) is 13.8 Å². The summed E-state index contributed by atoms with van der Waals surface area (Å²) in [6.07, 6.45) is 0.579. The van der Waals surface area contributed by atoms with Gasteiger partial charge in [-0.2, -0.15) is 0 Å². The van der Waals surface area contributed by atoms with Gasteiger partial charge in [0.15, 0.2) is 0 Å². The van der Waals surface area contributed by atoms with Gasteiger partial charge in [-0.3, -0.25) is 14.4 Å². The summed E-state index contributed by atoms with van der Waals surface area (Å²) in [7, 11) is 1.60. The zero-order chi connectivity index (χ0) is 19.9. The second-order valence-electron chi connectivity index (χ2n) is 7.55. The maximum absolute atomic E-state index is 13.4. The van der Waals surface area contributed by atoms with Crippen molar-refractivity contribution in [3.8, 4) is 0 Å². The first-order valence-electron chi connectivity index (χ1n) is 9.01. The highest BCUT2D eigenvalue weighted by Gasteiger charge is 2.47. The first-order chi connectivity index (χ1) is 12.7. The van der Waals surface area contributed by atoms with Gasteiger partial charge < -0.3 is 14.7 Å². The SMILES string of the molecule is CC(C)C[C@H]1C(=O)N2CCN(C(=O)c3cc(F)cc(F)c3)C[C@@H]2C(=O)N1C. The lowest BCUT2D eigenvalue weighted by Gasteiger charge is -2.48. The van der Waals surface area contributed by atoms with Crippen LogP contribution in [0.4, 0.5) is 8.78 Å². The smallest absolute Gasteiger partial charge is 0.254 e. The molecule has 0 N–H and O–H groups in total. The Hall–Kier alpha value is -2.51. The minimum Gasteiger partial charge on any atom is -0.334 e. The van der Waals surface area contributed by atoms with Crippen LogP contribution >= 0.6 is 0 Å². The molecule has 3 rings (SSSR count). The van der Waals surface area contributed by atoms with Crippen LogP contribution in [0.3, 0.4) is 0 Å². The van der Waals surface area contributed by atoms with Gasteiger partial charge in [0.1, 0.15) is 23.7 Å². The molecule has 1 aromatic rings. The molecule has 0 spiro atoms. The quantitative estimate of drug-likeness (QED) is 0.800. The van der Waals surface area contributed by atoms with Crippen LogP contribution < -0.4 is 0 Å². The molecule has 146 valence electrons. The monoisotopic (exact) mass is 379 g/mol. The number of carbonyl (C=O) groups excluding carboxylic acids is 3. The van der Waals surface area contributed by atoms with Gasteiger partial charge in [0.2, 0.25) is 11.8 Å². The van der Waals surface area contributed by atoms with E-state index < -0.39 is 29.6 Å². The van der Waals surface area contributed by atoms with Crippen molar-refractivity contribution >= 4 is 17.7 Å². The minimum atomic E-state index is -0.836. The molecule has 8 heteroatoms. The maximum atomic E-state index is 13.4. The minimum absolute atomic E-state index is 0.0142. The average Bonchev–Trinajstić information content (AvgIpc) is 2.61. The second kappa shape index (κ2) is 7.25. The number of benzene rings is 1. The standard InChI is InChI=1S/C19H23F2N3O3/c1-11(2)6-15-19(27)24-5-4-23(10-16(24)18(26)22(15)3)17(25)12-7-13(20)9-14(21)8-12/h7-9,11,15-16H,4-6,10H2,1-3H3/t15-,16+/m0/s1. The summed E-state index contributed by atoms with van der Waals surface area (Å²) in [4.78, 5) is 42.6. The van der Waals surface area contributed by atoms with Crippen LogP contribution in [0.25, 0.3) is 0 Å². The van der Waals surface area contributed by atoms with Crippen LogP contribution in [0.5, 0.6) is 0 Å². The second-order valence-corrected chi connectivity index (χ2v) is 7.55. The van der Waals surface area contributed by atoms with Crippen molar-refractivity contribution in [2.75, 3.05) is 26.7 Å². The van der Waals surface area contributed by atoms with Crippen LogP contribution in [0.1, 0.15) is 30.6 Å². The predicted octanol–water partition coefficient (Wildman–Crippen LogP) is 1.50. The highest BCUT2D eigenvalue weighted by Crippen LogP contribution is 2.25. The van der Waals surface area contributed by atoms with E-state index in [2.05, 4.69) is 0 Å². The number of hydrogen-bond donors (Lipinski definition) is 0.